The molecule has 1 N–H and O–H groups in total. The quantitative estimate of drug-likeness (QED) is 0.654. The van der Waals surface area contributed by atoms with Crippen LogP contribution in [0.4, 0.5) is 5.82 Å². The van der Waals surface area contributed by atoms with Gasteiger partial charge in [-0.1, -0.05) is 30.3 Å². The van der Waals surface area contributed by atoms with Gasteiger partial charge in [-0.05, 0) is 36.1 Å². The van der Waals surface area contributed by atoms with Crippen molar-refractivity contribution in [3.8, 4) is 0 Å². The maximum Gasteiger partial charge on any atom is 0.244 e. The van der Waals surface area contributed by atoms with Crippen molar-refractivity contribution in [3.05, 3.63) is 53.4 Å². The van der Waals surface area contributed by atoms with E-state index in [4.69, 9.17) is 11.6 Å². The molecular formula is C18H19ClN4O3S. The third-order valence-electron chi connectivity index (χ3n) is 4.81. The fourth-order valence-corrected chi connectivity index (χ4v) is 5.11. The average Bonchev–Trinajstić information content (AvgIpc) is 3.28. The fourth-order valence-electron chi connectivity index (χ4n) is 3.55. The van der Waals surface area contributed by atoms with Gasteiger partial charge in [0.1, 0.15) is 5.82 Å². The molecule has 0 radical (unpaired) electrons. The van der Waals surface area contributed by atoms with E-state index in [0.717, 1.165) is 23.4 Å². The Labute approximate surface area is 162 Å². The summed E-state index contributed by atoms with van der Waals surface area (Å²) < 4.78 is 27.1. The lowest BCUT2D eigenvalue weighted by molar-refractivity contribution is 0.266. The number of fused-ring (bicyclic) bond motifs is 1. The summed E-state index contributed by atoms with van der Waals surface area (Å²) in [5, 5.41) is 10.2. The van der Waals surface area contributed by atoms with E-state index in [-0.39, 0.29) is 29.3 Å². The first kappa shape index (κ1) is 18.2. The Bertz CT molecular complexity index is 1070. The van der Waals surface area contributed by atoms with Crippen LogP contribution in [0, 0.1) is 0 Å². The van der Waals surface area contributed by atoms with Crippen LogP contribution in [0.3, 0.4) is 0 Å². The molecule has 0 aliphatic carbocycles. The van der Waals surface area contributed by atoms with Crippen LogP contribution in [0.5, 0.6) is 0 Å². The van der Waals surface area contributed by atoms with E-state index in [1.807, 2.05) is 11.0 Å². The zero-order valence-corrected chi connectivity index (χ0v) is 16.1. The summed E-state index contributed by atoms with van der Waals surface area (Å²) in [6.07, 6.45) is 3.27. The van der Waals surface area contributed by atoms with E-state index in [1.165, 1.54) is 6.20 Å². The zero-order chi connectivity index (χ0) is 19.0. The van der Waals surface area contributed by atoms with Crippen LogP contribution >= 0.6 is 11.6 Å². The molecule has 27 heavy (non-hydrogen) atoms. The van der Waals surface area contributed by atoms with Crippen LogP contribution in [0.2, 0.25) is 5.28 Å². The predicted molar refractivity (Wildman–Crippen MR) is 104 cm³/mol. The molecule has 7 nitrogen and oxygen atoms in total. The lowest BCUT2D eigenvalue weighted by Crippen LogP contribution is -2.33. The Hall–Kier alpha value is -2.16. The molecule has 0 spiro atoms. The maximum absolute atomic E-state index is 12.9. The highest BCUT2D eigenvalue weighted by Gasteiger charge is 2.29. The summed E-state index contributed by atoms with van der Waals surface area (Å²) in [6.45, 7) is 0.742. The van der Waals surface area contributed by atoms with Gasteiger partial charge in [-0.15, -0.1) is 0 Å². The summed E-state index contributed by atoms with van der Waals surface area (Å²) in [4.78, 5) is 10.5. The van der Waals surface area contributed by atoms with Crippen LogP contribution in [0.25, 0.3) is 11.0 Å². The highest BCUT2D eigenvalue weighted by molar-refractivity contribution is 7.89. The number of benzene rings is 1. The smallest absolute Gasteiger partial charge is 0.244 e. The molecule has 1 saturated heterocycles. The molecule has 0 bridgehead atoms. The van der Waals surface area contributed by atoms with E-state index in [0.29, 0.717) is 16.8 Å². The molecule has 0 unspecified atom stereocenters. The molecule has 1 fully saturated rings. The molecule has 142 valence electrons. The first-order valence-electron chi connectivity index (χ1n) is 8.69. The number of nitrogens with zero attached hydrogens (tertiary/aromatic N) is 4. The fraction of sp³-hybridized carbons (Fsp3) is 0.333. The van der Waals surface area contributed by atoms with Gasteiger partial charge in [0.05, 0.1) is 23.8 Å². The third-order valence-corrected chi connectivity index (χ3v) is 6.58. The summed E-state index contributed by atoms with van der Waals surface area (Å²) in [5.74, 6) is 0.424. The van der Waals surface area contributed by atoms with Gasteiger partial charge in [0, 0.05) is 12.7 Å². The van der Waals surface area contributed by atoms with Crippen molar-refractivity contribution in [1.29, 1.82) is 0 Å². The lowest BCUT2D eigenvalue weighted by atomic mass is 10.2. The molecular weight excluding hydrogens is 388 g/mol. The van der Waals surface area contributed by atoms with Gasteiger partial charge in [0.2, 0.25) is 15.3 Å². The van der Waals surface area contributed by atoms with E-state index in [9.17, 15) is 13.5 Å². The second-order valence-electron chi connectivity index (χ2n) is 6.58. The van der Waals surface area contributed by atoms with Crippen LogP contribution in [-0.2, 0) is 15.8 Å². The van der Waals surface area contributed by atoms with Crippen LogP contribution in [0.1, 0.15) is 18.4 Å². The van der Waals surface area contributed by atoms with Crippen LogP contribution in [-0.4, -0.2) is 46.7 Å². The number of hydrogen-bond acceptors (Lipinski definition) is 6. The molecule has 9 heteroatoms. The van der Waals surface area contributed by atoms with E-state index < -0.39 is 10.0 Å². The number of aliphatic hydroxyl groups excluding tert-OH is 1. The van der Waals surface area contributed by atoms with Gasteiger partial charge in [-0.25, -0.2) is 12.4 Å². The number of aliphatic hydroxyl groups is 1. The molecule has 3 heterocycles. The van der Waals surface area contributed by atoms with Crippen molar-refractivity contribution >= 4 is 38.5 Å². The molecule has 4 rings (SSSR count). The number of halogens is 1. The number of aromatic nitrogens is 3. The van der Waals surface area contributed by atoms with Gasteiger partial charge in [0.25, 0.3) is 0 Å². The lowest BCUT2D eigenvalue weighted by Gasteiger charge is -2.24. The monoisotopic (exact) mass is 406 g/mol. The Morgan fingerprint density at radius 2 is 1.96 bits per heavy atom. The van der Waals surface area contributed by atoms with Crippen LogP contribution < -0.4 is 4.90 Å². The first-order chi connectivity index (χ1) is 13.0. The van der Waals surface area contributed by atoms with Crippen molar-refractivity contribution in [2.75, 3.05) is 18.1 Å². The predicted octanol–water partition coefficient (Wildman–Crippen LogP) is 2.42. The van der Waals surface area contributed by atoms with E-state index in [1.54, 1.807) is 30.3 Å². The molecule has 2 aromatic heterocycles. The Morgan fingerprint density at radius 3 is 2.70 bits per heavy atom. The van der Waals surface area contributed by atoms with Gasteiger partial charge >= 0.3 is 0 Å². The number of hydrogen-bond donors (Lipinski definition) is 1. The largest absolute Gasteiger partial charge is 0.394 e. The molecule has 0 saturated carbocycles. The summed E-state index contributed by atoms with van der Waals surface area (Å²) in [6, 6.07) is 10.6. The van der Waals surface area contributed by atoms with E-state index >= 15 is 0 Å². The van der Waals surface area contributed by atoms with Crippen molar-refractivity contribution < 1.29 is 13.5 Å². The minimum absolute atomic E-state index is 0.0100. The molecule has 1 aliphatic rings. The number of anilines is 1. The van der Waals surface area contributed by atoms with Crippen molar-refractivity contribution in [2.24, 2.45) is 0 Å². The third kappa shape index (κ3) is 3.40. The Kier molecular flexibility index (Phi) is 4.79. The molecule has 1 aliphatic heterocycles. The van der Waals surface area contributed by atoms with E-state index in [2.05, 4.69) is 9.97 Å². The second kappa shape index (κ2) is 7.10. The zero-order valence-electron chi connectivity index (χ0n) is 14.5. The highest BCUT2D eigenvalue weighted by atomic mass is 35.5. The summed E-state index contributed by atoms with van der Waals surface area (Å²) >= 11 is 6.11. The van der Waals surface area contributed by atoms with Gasteiger partial charge < -0.3 is 10.0 Å². The summed E-state index contributed by atoms with van der Waals surface area (Å²) in [7, 11) is -3.67. The second-order valence-corrected chi connectivity index (χ2v) is 8.76. The maximum atomic E-state index is 12.9. The summed E-state index contributed by atoms with van der Waals surface area (Å²) in [5.41, 5.74) is 0.948. The van der Waals surface area contributed by atoms with Crippen molar-refractivity contribution in [1.82, 2.24) is 13.9 Å². The molecule has 1 atom stereocenters. The molecule has 1 aromatic carbocycles. The van der Waals surface area contributed by atoms with Gasteiger partial charge in [-0.3, -0.25) is 0 Å². The van der Waals surface area contributed by atoms with Gasteiger partial charge in [-0.2, -0.15) is 9.97 Å². The Morgan fingerprint density at radius 1 is 1.19 bits per heavy atom. The highest BCUT2D eigenvalue weighted by Crippen LogP contribution is 2.32. The standard InChI is InChI=1S/C18H19ClN4O3S/c19-18-20-16(22-9-4-7-14(22)11-24)15-8-10-23(17(15)21-18)27(25,26)12-13-5-2-1-3-6-13/h1-3,5-6,8,10,14,24H,4,7,9,11-12H2/t14-/m0/s1. The van der Waals surface area contributed by atoms with Gasteiger partial charge in [0.15, 0.2) is 5.65 Å². The normalized spacial score (nSPS) is 17.7. The minimum atomic E-state index is -3.67. The van der Waals surface area contributed by atoms with Crippen molar-refractivity contribution in [2.45, 2.75) is 24.6 Å². The first-order valence-corrected chi connectivity index (χ1v) is 10.7. The van der Waals surface area contributed by atoms with Crippen LogP contribution in [0.15, 0.2) is 42.6 Å². The molecule has 3 aromatic rings. The topological polar surface area (TPSA) is 88.3 Å². The molecule has 0 amide bonds. The Balaban J connectivity index is 1.80. The minimum Gasteiger partial charge on any atom is -0.394 e. The average molecular weight is 407 g/mol. The SMILES string of the molecule is O=S(=O)(Cc1ccccc1)n1ccc2c(N3CCC[C@H]3CO)nc(Cl)nc21. The van der Waals surface area contributed by atoms with Crippen molar-refractivity contribution in [3.63, 3.8) is 0 Å². The number of rotatable bonds is 5.